The number of nitrogens with one attached hydrogen (secondary N) is 2. The molecule has 4 unspecified atom stereocenters. The molecular weight excluding hydrogens is 454 g/mol. The predicted octanol–water partition coefficient (Wildman–Crippen LogP) is -3.18. The first-order chi connectivity index (χ1) is 16.0. The highest BCUT2D eigenvalue weighted by Gasteiger charge is 2.50. The number of hydrogen-bond donors (Lipinski definition) is 7. The standard InChI is InChI=1S/C20H25N5O9/c1-8(13(27)9-4-2-3-6-22-9)11(21)17(30)24-12(19(31)32)16-14(28)15(29)18(34-16)25-7-5-10(26)23-20(25)33/h2-8,11-16,18,27-29H,21H2,1H3,(H,24,30)(H,31,32)(H,23,26,33)/t8?,11?,12?,13?,14-,15+,16+,18+/m0/s1. The summed E-state index contributed by atoms with van der Waals surface area (Å²) in [6.07, 6.45) is -5.56. The lowest BCUT2D eigenvalue weighted by Gasteiger charge is -2.28. The van der Waals surface area contributed by atoms with Gasteiger partial charge in [0.05, 0.1) is 11.7 Å². The fourth-order valence-corrected chi connectivity index (χ4v) is 3.61. The molecule has 14 nitrogen and oxygen atoms in total. The first-order valence-corrected chi connectivity index (χ1v) is 10.2. The summed E-state index contributed by atoms with van der Waals surface area (Å²) < 4.78 is 6.19. The Morgan fingerprint density at radius 1 is 1.24 bits per heavy atom. The van der Waals surface area contributed by atoms with Crippen molar-refractivity contribution in [3.05, 3.63) is 63.2 Å². The second-order valence-electron chi connectivity index (χ2n) is 7.90. The third-order valence-corrected chi connectivity index (χ3v) is 5.65. The molecule has 1 fully saturated rings. The van der Waals surface area contributed by atoms with Crippen LogP contribution in [0.2, 0.25) is 0 Å². The maximum atomic E-state index is 12.7. The molecule has 3 rings (SSSR count). The minimum atomic E-state index is -1.87. The van der Waals surface area contributed by atoms with Crippen molar-refractivity contribution in [3.63, 3.8) is 0 Å². The molecule has 2 aromatic heterocycles. The van der Waals surface area contributed by atoms with Gasteiger partial charge in [-0.25, -0.2) is 9.59 Å². The third-order valence-electron chi connectivity index (χ3n) is 5.65. The fourth-order valence-electron chi connectivity index (χ4n) is 3.61. The van der Waals surface area contributed by atoms with Crippen molar-refractivity contribution >= 4 is 11.9 Å². The SMILES string of the molecule is CC(C(N)C(=O)NC(C(=O)O)[C@H]1O[C@@H](n2ccc(=O)[nH]c2=O)[C@H](O)[C@@H]1O)C(O)c1ccccn1. The molecule has 34 heavy (non-hydrogen) atoms. The van der Waals surface area contributed by atoms with E-state index in [1.54, 1.807) is 12.1 Å². The number of carbonyl (C=O) groups excluding carboxylic acids is 1. The third kappa shape index (κ3) is 5.05. The van der Waals surface area contributed by atoms with Gasteiger partial charge in [0.25, 0.3) is 5.56 Å². The molecule has 1 aliphatic heterocycles. The summed E-state index contributed by atoms with van der Waals surface area (Å²) in [5.41, 5.74) is 4.53. The zero-order valence-electron chi connectivity index (χ0n) is 17.9. The molecule has 0 radical (unpaired) electrons. The van der Waals surface area contributed by atoms with E-state index in [2.05, 4.69) is 10.3 Å². The summed E-state index contributed by atoms with van der Waals surface area (Å²) in [6.45, 7) is 1.47. The van der Waals surface area contributed by atoms with Gasteiger partial charge in [0.2, 0.25) is 5.91 Å². The quantitative estimate of drug-likeness (QED) is 0.199. The molecule has 0 bridgehead atoms. The number of aliphatic hydroxyl groups is 3. The number of rotatable bonds is 8. The lowest BCUT2D eigenvalue weighted by molar-refractivity contribution is -0.149. The number of aromatic nitrogens is 3. The van der Waals surface area contributed by atoms with Crippen LogP contribution in [0.5, 0.6) is 0 Å². The van der Waals surface area contributed by atoms with Crippen LogP contribution in [0.15, 0.2) is 46.2 Å². The maximum Gasteiger partial charge on any atom is 0.330 e. The molecule has 0 spiro atoms. The van der Waals surface area contributed by atoms with Gasteiger partial charge in [-0.3, -0.25) is 24.1 Å². The Balaban J connectivity index is 1.76. The molecule has 2 aromatic rings. The molecule has 184 valence electrons. The van der Waals surface area contributed by atoms with Gasteiger partial charge in [0, 0.05) is 24.4 Å². The van der Waals surface area contributed by atoms with Gasteiger partial charge in [0.15, 0.2) is 12.3 Å². The molecule has 8 atom stereocenters. The van der Waals surface area contributed by atoms with Crippen molar-refractivity contribution in [2.24, 2.45) is 11.7 Å². The normalized spacial score (nSPS) is 25.8. The second-order valence-corrected chi connectivity index (χ2v) is 7.90. The number of H-pyrrole nitrogens is 1. The molecule has 0 saturated carbocycles. The van der Waals surface area contributed by atoms with Gasteiger partial charge >= 0.3 is 11.7 Å². The Bertz CT molecular complexity index is 1140. The molecule has 8 N–H and O–H groups in total. The number of aliphatic hydroxyl groups excluding tert-OH is 3. The second kappa shape index (κ2) is 10.2. The summed E-state index contributed by atoms with van der Waals surface area (Å²) in [4.78, 5) is 53.8. The molecule has 0 aliphatic carbocycles. The molecular formula is C20H25N5O9. The Hall–Kier alpha value is -3.43. The number of amides is 1. The summed E-state index contributed by atoms with van der Waals surface area (Å²) >= 11 is 0. The van der Waals surface area contributed by atoms with Crippen LogP contribution in [0, 0.1) is 5.92 Å². The number of nitrogens with two attached hydrogens (primary N) is 1. The average molecular weight is 479 g/mol. The van der Waals surface area contributed by atoms with Gasteiger partial charge in [-0.1, -0.05) is 13.0 Å². The highest BCUT2D eigenvalue weighted by molar-refractivity contribution is 5.87. The molecule has 3 heterocycles. The Labute approximate surface area is 191 Å². The Morgan fingerprint density at radius 2 is 1.94 bits per heavy atom. The summed E-state index contributed by atoms with van der Waals surface area (Å²) in [6, 6.07) is 2.54. The zero-order chi connectivity index (χ0) is 25.2. The van der Waals surface area contributed by atoms with E-state index in [0.29, 0.717) is 0 Å². The average Bonchev–Trinajstić information content (AvgIpc) is 3.10. The minimum absolute atomic E-state index is 0.264. The summed E-state index contributed by atoms with van der Waals surface area (Å²) in [5.74, 6) is -3.45. The maximum absolute atomic E-state index is 12.7. The van der Waals surface area contributed by atoms with E-state index in [9.17, 15) is 39.6 Å². The van der Waals surface area contributed by atoms with E-state index >= 15 is 0 Å². The van der Waals surface area contributed by atoms with Gasteiger partial charge in [-0.2, -0.15) is 0 Å². The molecule has 14 heteroatoms. The van der Waals surface area contributed by atoms with E-state index in [1.807, 2.05) is 4.98 Å². The zero-order valence-corrected chi connectivity index (χ0v) is 17.9. The predicted molar refractivity (Wildman–Crippen MR) is 113 cm³/mol. The van der Waals surface area contributed by atoms with Crippen LogP contribution in [0.4, 0.5) is 0 Å². The van der Waals surface area contributed by atoms with Crippen molar-refractivity contribution in [3.8, 4) is 0 Å². The Morgan fingerprint density at radius 3 is 2.53 bits per heavy atom. The van der Waals surface area contributed by atoms with Crippen LogP contribution in [-0.2, 0) is 14.3 Å². The molecule has 1 amide bonds. The van der Waals surface area contributed by atoms with Crippen molar-refractivity contribution in [2.75, 3.05) is 0 Å². The van der Waals surface area contributed by atoms with E-state index < -0.39 is 71.8 Å². The summed E-state index contributed by atoms with van der Waals surface area (Å²) in [7, 11) is 0. The largest absolute Gasteiger partial charge is 0.480 e. The van der Waals surface area contributed by atoms with E-state index in [-0.39, 0.29) is 5.69 Å². The van der Waals surface area contributed by atoms with Gasteiger partial charge in [0.1, 0.15) is 24.4 Å². The number of ether oxygens (including phenoxy) is 1. The first-order valence-electron chi connectivity index (χ1n) is 10.2. The highest BCUT2D eigenvalue weighted by atomic mass is 16.6. The fraction of sp³-hybridized carbons (Fsp3) is 0.450. The topological polar surface area (TPSA) is 230 Å². The smallest absolute Gasteiger partial charge is 0.330 e. The lowest BCUT2D eigenvalue weighted by atomic mass is 9.92. The number of pyridine rings is 1. The van der Waals surface area contributed by atoms with Crippen molar-refractivity contribution in [1.82, 2.24) is 19.9 Å². The van der Waals surface area contributed by atoms with Gasteiger partial charge < -0.3 is 36.2 Å². The monoisotopic (exact) mass is 479 g/mol. The first kappa shape index (κ1) is 25.2. The Kier molecular flexibility index (Phi) is 7.58. The van der Waals surface area contributed by atoms with Crippen LogP contribution < -0.4 is 22.3 Å². The van der Waals surface area contributed by atoms with E-state index in [1.165, 1.54) is 19.2 Å². The number of carbonyl (C=O) groups is 2. The number of aliphatic carboxylic acids is 1. The van der Waals surface area contributed by atoms with Crippen LogP contribution in [0.3, 0.4) is 0 Å². The van der Waals surface area contributed by atoms with Crippen molar-refractivity contribution in [2.45, 2.75) is 49.7 Å². The lowest BCUT2D eigenvalue weighted by Crippen LogP contribution is -2.57. The number of hydrogen-bond acceptors (Lipinski definition) is 10. The van der Waals surface area contributed by atoms with Crippen molar-refractivity contribution < 1.29 is 34.8 Å². The molecule has 1 saturated heterocycles. The van der Waals surface area contributed by atoms with Gasteiger partial charge in [-0.15, -0.1) is 0 Å². The minimum Gasteiger partial charge on any atom is -0.480 e. The number of carboxylic acids is 1. The molecule has 1 aliphatic rings. The van der Waals surface area contributed by atoms with Crippen molar-refractivity contribution in [1.29, 1.82) is 0 Å². The van der Waals surface area contributed by atoms with Crippen LogP contribution in [0.25, 0.3) is 0 Å². The number of nitrogens with zero attached hydrogens (tertiary/aromatic N) is 2. The van der Waals surface area contributed by atoms with Crippen LogP contribution >= 0.6 is 0 Å². The van der Waals surface area contributed by atoms with Crippen LogP contribution in [-0.4, -0.2) is 77.2 Å². The number of aromatic amines is 1. The molecule has 0 aromatic carbocycles. The van der Waals surface area contributed by atoms with E-state index in [4.69, 9.17) is 10.5 Å². The number of carboxylic acid groups (broad SMARTS) is 1. The summed E-state index contributed by atoms with van der Waals surface area (Å²) in [5, 5.41) is 43.0. The van der Waals surface area contributed by atoms with Gasteiger partial charge in [-0.05, 0) is 12.1 Å². The highest BCUT2D eigenvalue weighted by Crippen LogP contribution is 2.30. The van der Waals surface area contributed by atoms with Crippen LogP contribution in [0.1, 0.15) is 24.9 Å². The van der Waals surface area contributed by atoms with E-state index in [0.717, 1.165) is 16.8 Å².